The summed E-state index contributed by atoms with van der Waals surface area (Å²) in [6, 6.07) is 0. The van der Waals surface area contributed by atoms with Crippen LogP contribution in [-0.2, 0) is 14.2 Å². The van der Waals surface area contributed by atoms with Crippen molar-refractivity contribution in [1.29, 1.82) is 0 Å². The molecule has 0 saturated carbocycles. The summed E-state index contributed by atoms with van der Waals surface area (Å²) in [5, 5.41) is 38.7. The first-order valence-electron chi connectivity index (χ1n) is 6.57. The average Bonchev–Trinajstić information content (AvgIpc) is 2.32. The number of aliphatic hydroxyl groups is 4. The zero-order valence-electron chi connectivity index (χ0n) is 11.0. The summed E-state index contributed by atoms with van der Waals surface area (Å²) in [5.74, 6) is 0. The highest BCUT2D eigenvalue weighted by molar-refractivity contribution is 4.84. The molecule has 19 heavy (non-hydrogen) atoms. The van der Waals surface area contributed by atoms with E-state index in [0.29, 0.717) is 0 Å². The van der Waals surface area contributed by atoms with Crippen LogP contribution in [0.5, 0.6) is 0 Å². The van der Waals surface area contributed by atoms with Crippen molar-refractivity contribution in [3.63, 3.8) is 0 Å². The van der Waals surface area contributed by atoms with Crippen molar-refractivity contribution in [3.8, 4) is 0 Å². The summed E-state index contributed by atoms with van der Waals surface area (Å²) in [5.41, 5.74) is 0. The third kappa shape index (κ3) is 3.43. The second kappa shape index (κ2) is 6.01. The maximum Gasteiger partial charge on any atom is 0.161 e. The van der Waals surface area contributed by atoms with E-state index in [1.165, 1.54) is 0 Å². The molecule has 4 unspecified atom stereocenters. The molecule has 7 heteroatoms. The van der Waals surface area contributed by atoms with Crippen LogP contribution >= 0.6 is 0 Å². The summed E-state index contributed by atoms with van der Waals surface area (Å²) in [4.78, 5) is 0. The molecule has 0 aromatic rings. The molecule has 7 nitrogen and oxygen atoms in total. The standard InChI is InChI=1S/C12H22O7/c1-5-11(15)7(13)3-10(18-5)19-8-4-9(14)17-6(2)12(8)16/h5-16H,3-4H2,1-2H3/t5?,6?,7?,8?,9-,10+,11+,12+/m1/s1. The van der Waals surface area contributed by atoms with Crippen LogP contribution in [0, 0.1) is 0 Å². The van der Waals surface area contributed by atoms with E-state index >= 15 is 0 Å². The van der Waals surface area contributed by atoms with Gasteiger partial charge in [0.15, 0.2) is 12.6 Å². The minimum atomic E-state index is -0.986. The van der Waals surface area contributed by atoms with E-state index in [0.717, 1.165) is 0 Å². The molecular weight excluding hydrogens is 256 g/mol. The van der Waals surface area contributed by atoms with Crippen molar-refractivity contribution in [2.45, 2.75) is 75.9 Å². The lowest BCUT2D eigenvalue weighted by atomic mass is 10.0. The lowest BCUT2D eigenvalue weighted by molar-refractivity contribution is -0.300. The first-order chi connectivity index (χ1) is 8.88. The first-order valence-corrected chi connectivity index (χ1v) is 6.57. The Labute approximate surface area is 111 Å². The van der Waals surface area contributed by atoms with Gasteiger partial charge in [0, 0.05) is 12.8 Å². The summed E-state index contributed by atoms with van der Waals surface area (Å²) in [7, 11) is 0. The fourth-order valence-corrected chi connectivity index (χ4v) is 2.47. The molecule has 2 saturated heterocycles. The normalized spacial score (nSPS) is 52.1. The minimum Gasteiger partial charge on any atom is -0.390 e. The van der Waals surface area contributed by atoms with E-state index in [4.69, 9.17) is 14.2 Å². The molecule has 2 aliphatic heterocycles. The van der Waals surface area contributed by atoms with Gasteiger partial charge in [-0.2, -0.15) is 0 Å². The van der Waals surface area contributed by atoms with Crippen LogP contribution in [-0.4, -0.2) is 69.6 Å². The fraction of sp³-hybridized carbons (Fsp3) is 1.00. The Hall–Kier alpha value is -0.280. The van der Waals surface area contributed by atoms with Gasteiger partial charge in [-0.1, -0.05) is 0 Å². The van der Waals surface area contributed by atoms with Gasteiger partial charge in [-0.15, -0.1) is 0 Å². The predicted molar refractivity (Wildman–Crippen MR) is 63.0 cm³/mol. The molecular formula is C12H22O7. The highest BCUT2D eigenvalue weighted by Crippen LogP contribution is 2.27. The Bertz CT molecular complexity index is 288. The monoisotopic (exact) mass is 278 g/mol. The molecule has 112 valence electrons. The Balaban J connectivity index is 1.93. The zero-order valence-corrected chi connectivity index (χ0v) is 11.0. The molecule has 2 fully saturated rings. The lowest BCUT2D eigenvalue weighted by Gasteiger charge is -2.40. The minimum absolute atomic E-state index is 0.125. The van der Waals surface area contributed by atoms with Gasteiger partial charge in [0.1, 0.15) is 12.2 Å². The van der Waals surface area contributed by atoms with E-state index < -0.39 is 49.2 Å². The van der Waals surface area contributed by atoms with Crippen molar-refractivity contribution >= 4 is 0 Å². The third-order valence-corrected chi connectivity index (χ3v) is 3.67. The van der Waals surface area contributed by atoms with Gasteiger partial charge in [0.05, 0.1) is 24.4 Å². The molecule has 0 amide bonds. The van der Waals surface area contributed by atoms with E-state index in [9.17, 15) is 20.4 Å². The summed E-state index contributed by atoms with van der Waals surface area (Å²) < 4.78 is 16.1. The van der Waals surface area contributed by atoms with Gasteiger partial charge in [-0.05, 0) is 13.8 Å². The summed E-state index contributed by atoms with van der Waals surface area (Å²) in [6.07, 6.45) is -5.89. The van der Waals surface area contributed by atoms with E-state index in [-0.39, 0.29) is 12.8 Å². The largest absolute Gasteiger partial charge is 0.390 e. The quantitative estimate of drug-likeness (QED) is 0.498. The lowest BCUT2D eigenvalue weighted by Crippen LogP contribution is -2.53. The topological polar surface area (TPSA) is 109 Å². The second-order valence-electron chi connectivity index (χ2n) is 5.26. The van der Waals surface area contributed by atoms with Gasteiger partial charge in [-0.25, -0.2) is 0 Å². The van der Waals surface area contributed by atoms with E-state index in [1.807, 2.05) is 0 Å². The molecule has 0 aliphatic carbocycles. The van der Waals surface area contributed by atoms with Gasteiger partial charge in [0.2, 0.25) is 0 Å². The van der Waals surface area contributed by atoms with Crippen molar-refractivity contribution in [3.05, 3.63) is 0 Å². The molecule has 0 bridgehead atoms. The third-order valence-electron chi connectivity index (χ3n) is 3.67. The van der Waals surface area contributed by atoms with Crippen LogP contribution in [0.3, 0.4) is 0 Å². The summed E-state index contributed by atoms with van der Waals surface area (Å²) >= 11 is 0. The number of hydrogen-bond acceptors (Lipinski definition) is 7. The number of aliphatic hydroxyl groups excluding tert-OH is 4. The van der Waals surface area contributed by atoms with E-state index in [2.05, 4.69) is 0 Å². The van der Waals surface area contributed by atoms with Crippen LogP contribution < -0.4 is 0 Å². The Morgan fingerprint density at radius 3 is 2.16 bits per heavy atom. The van der Waals surface area contributed by atoms with Crippen LogP contribution in [0.1, 0.15) is 26.7 Å². The highest BCUT2D eigenvalue weighted by Gasteiger charge is 2.40. The van der Waals surface area contributed by atoms with E-state index in [1.54, 1.807) is 13.8 Å². The molecule has 2 aliphatic rings. The Morgan fingerprint density at radius 2 is 1.53 bits per heavy atom. The zero-order chi connectivity index (χ0) is 14.2. The molecule has 8 atom stereocenters. The maximum absolute atomic E-state index is 9.94. The van der Waals surface area contributed by atoms with Crippen molar-refractivity contribution in [2.75, 3.05) is 0 Å². The van der Waals surface area contributed by atoms with Gasteiger partial charge in [0.25, 0.3) is 0 Å². The molecule has 4 N–H and O–H groups in total. The molecule has 0 aromatic carbocycles. The predicted octanol–water partition coefficient (Wildman–Crippen LogP) is -1.28. The summed E-state index contributed by atoms with van der Waals surface area (Å²) in [6.45, 7) is 3.29. The van der Waals surface area contributed by atoms with Crippen molar-refractivity contribution in [1.82, 2.24) is 0 Å². The number of rotatable bonds is 2. The molecule has 0 aromatic heterocycles. The number of ether oxygens (including phenoxy) is 3. The molecule has 2 heterocycles. The van der Waals surface area contributed by atoms with Crippen molar-refractivity contribution < 1.29 is 34.6 Å². The van der Waals surface area contributed by atoms with Gasteiger partial charge in [-0.3, -0.25) is 0 Å². The Morgan fingerprint density at radius 1 is 0.895 bits per heavy atom. The second-order valence-corrected chi connectivity index (χ2v) is 5.26. The smallest absolute Gasteiger partial charge is 0.161 e. The van der Waals surface area contributed by atoms with Crippen LogP contribution in [0.4, 0.5) is 0 Å². The first kappa shape index (κ1) is 15.1. The van der Waals surface area contributed by atoms with Gasteiger partial charge >= 0.3 is 0 Å². The van der Waals surface area contributed by atoms with Gasteiger partial charge < -0.3 is 34.6 Å². The molecule has 2 rings (SSSR count). The van der Waals surface area contributed by atoms with Crippen LogP contribution in [0.2, 0.25) is 0 Å². The fourth-order valence-electron chi connectivity index (χ4n) is 2.47. The Kier molecular flexibility index (Phi) is 4.78. The SMILES string of the molecule is CC1O[C@@H](OC2C[C@H](O)OC(C)[C@@H]2O)CC(O)[C@H]1O. The van der Waals surface area contributed by atoms with Crippen LogP contribution in [0.25, 0.3) is 0 Å². The maximum atomic E-state index is 9.94. The number of hydrogen-bond donors (Lipinski definition) is 4. The highest BCUT2D eigenvalue weighted by atomic mass is 16.7. The molecule has 0 radical (unpaired) electrons. The average molecular weight is 278 g/mol. The van der Waals surface area contributed by atoms with Crippen LogP contribution in [0.15, 0.2) is 0 Å². The van der Waals surface area contributed by atoms with Crippen molar-refractivity contribution in [2.24, 2.45) is 0 Å². The molecule has 0 spiro atoms.